The number of Topliss-reactive ketones (excluding diaryl/α,β-unsaturated/α-hetero) is 1. The van der Waals surface area contributed by atoms with E-state index in [4.69, 9.17) is 16.3 Å². The molecule has 0 saturated heterocycles. The quantitative estimate of drug-likeness (QED) is 0.336. The Kier molecular flexibility index (Phi) is 6.54. The number of anilines is 1. The summed E-state index contributed by atoms with van der Waals surface area (Å²) in [4.78, 5) is 26.1. The fourth-order valence-electron chi connectivity index (χ4n) is 2.15. The molecule has 0 bridgehead atoms. The highest BCUT2D eigenvalue weighted by molar-refractivity contribution is 6.34. The van der Waals surface area contributed by atoms with Gasteiger partial charge in [0.05, 0.1) is 5.02 Å². The van der Waals surface area contributed by atoms with Crippen molar-refractivity contribution in [2.75, 3.05) is 25.6 Å². The summed E-state index contributed by atoms with van der Waals surface area (Å²) in [5, 5.41) is 9.48. The van der Waals surface area contributed by atoms with Crippen LogP contribution in [0.25, 0.3) is 6.08 Å². The van der Waals surface area contributed by atoms with Gasteiger partial charge in [-0.25, -0.2) is 4.79 Å². The summed E-state index contributed by atoms with van der Waals surface area (Å²) in [5.41, 5.74) is 1.76. The maximum Gasteiger partial charge on any atom is 0.349 e. The van der Waals surface area contributed by atoms with E-state index in [2.05, 4.69) is 0 Å². The van der Waals surface area contributed by atoms with Crippen LogP contribution in [0.2, 0.25) is 5.02 Å². The highest BCUT2D eigenvalue weighted by Gasteiger charge is 2.15. The molecule has 0 spiro atoms. The zero-order chi connectivity index (χ0) is 19.1. The van der Waals surface area contributed by atoms with Crippen LogP contribution >= 0.6 is 11.6 Å². The standard InChI is InChI=1S/C20H17ClN2O3/c1-23(2)16-9-7-14(8-10-16)11-15(12-22)20(25)26-13-19(24)17-5-3-4-6-18(17)21/h3-11H,13H2,1-2H3/b15-11+. The van der Waals surface area contributed by atoms with Gasteiger partial charge in [0.25, 0.3) is 0 Å². The zero-order valence-corrected chi connectivity index (χ0v) is 15.2. The Morgan fingerprint density at radius 2 is 1.81 bits per heavy atom. The van der Waals surface area contributed by atoms with E-state index in [-0.39, 0.29) is 16.2 Å². The third kappa shape index (κ3) is 4.95. The van der Waals surface area contributed by atoms with Crippen molar-refractivity contribution >= 4 is 35.1 Å². The largest absolute Gasteiger partial charge is 0.453 e. The van der Waals surface area contributed by atoms with Gasteiger partial charge in [0.1, 0.15) is 11.6 Å². The molecule has 0 saturated carbocycles. The van der Waals surface area contributed by atoms with Gasteiger partial charge in [-0.1, -0.05) is 35.9 Å². The first-order chi connectivity index (χ1) is 12.4. The maximum atomic E-state index is 12.1. The fourth-order valence-corrected chi connectivity index (χ4v) is 2.39. The topological polar surface area (TPSA) is 70.4 Å². The molecule has 132 valence electrons. The van der Waals surface area contributed by atoms with Crippen LogP contribution in [0.5, 0.6) is 0 Å². The normalized spacial score (nSPS) is 10.8. The number of carbonyl (C=O) groups excluding carboxylic acids is 2. The predicted octanol–water partition coefficient (Wildman–Crippen LogP) is 3.74. The molecule has 0 N–H and O–H groups in total. The summed E-state index contributed by atoms with van der Waals surface area (Å²) >= 11 is 5.94. The number of benzene rings is 2. The van der Waals surface area contributed by atoms with Crippen LogP contribution in [0.4, 0.5) is 5.69 Å². The van der Waals surface area contributed by atoms with Crippen molar-refractivity contribution in [3.8, 4) is 6.07 Å². The third-order valence-corrected chi connectivity index (χ3v) is 3.90. The number of rotatable bonds is 6. The average Bonchev–Trinajstić information content (AvgIpc) is 2.64. The molecule has 2 aromatic carbocycles. The molecule has 6 heteroatoms. The number of ether oxygens (including phenoxy) is 1. The van der Waals surface area contributed by atoms with Gasteiger partial charge in [0.15, 0.2) is 6.61 Å². The van der Waals surface area contributed by atoms with Crippen LogP contribution in [0.15, 0.2) is 54.1 Å². The number of ketones is 1. The number of nitrogens with zero attached hydrogens (tertiary/aromatic N) is 2. The van der Waals surface area contributed by atoms with Crippen molar-refractivity contribution in [3.63, 3.8) is 0 Å². The van der Waals surface area contributed by atoms with E-state index < -0.39 is 18.4 Å². The average molecular weight is 369 g/mol. The van der Waals surface area contributed by atoms with Crippen molar-refractivity contribution in [2.45, 2.75) is 0 Å². The molecular formula is C20H17ClN2O3. The SMILES string of the molecule is CN(C)c1ccc(/C=C(\C#N)C(=O)OCC(=O)c2ccccc2Cl)cc1. The lowest BCUT2D eigenvalue weighted by Crippen LogP contribution is -2.15. The molecule has 0 radical (unpaired) electrons. The number of carbonyl (C=O) groups is 2. The lowest BCUT2D eigenvalue weighted by Gasteiger charge is -2.11. The van der Waals surface area contributed by atoms with Crippen molar-refractivity contribution in [1.29, 1.82) is 5.26 Å². The highest BCUT2D eigenvalue weighted by Crippen LogP contribution is 2.17. The second-order valence-corrected chi connectivity index (χ2v) is 6.04. The Morgan fingerprint density at radius 3 is 2.38 bits per heavy atom. The second kappa shape index (κ2) is 8.84. The van der Waals surface area contributed by atoms with Crippen molar-refractivity contribution < 1.29 is 14.3 Å². The zero-order valence-electron chi connectivity index (χ0n) is 14.4. The number of nitriles is 1. The molecule has 0 aliphatic carbocycles. The molecule has 0 amide bonds. The van der Waals surface area contributed by atoms with Gasteiger partial charge in [0.2, 0.25) is 5.78 Å². The Hall–Kier alpha value is -3.10. The summed E-state index contributed by atoms with van der Waals surface area (Å²) in [6.07, 6.45) is 1.42. The Bertz CT molecular complexity index is 881. The molecule has 0 aromatic heterocycles. The van der Waals surface area contributed by atoms with Crippen LogP contribution in [-0.4, -0.2) is 32.5 Å². The molecule has 0 atom stereocenters. The summed E-state index contributed by atoms with van der Waals surface area (Å²) in [6.45, 7) is -0.485. The van der Waals surface area contributed by atoms with E-state index in [9.17, 15) is 14.9 Å². The summed E-state index contributed by atoms with van der Waals surface area (Å²) < 4.78 is 4.95. The first kappa shape index (κ1) is 19.2. The van der Waals surface area contributed by atoms with Gasteiger partial charge < -0.3 is 9.64 Å². The highest BCUT2D eigenvalue weighted by atomic mass is 35.5. The van der Waals surface area contributed by atoms with E-state index in [1.165, 1.54) is 6.08 Å². The minimum absolute atomic E-state index is 0.186. The van der Waals surface area contributed by atoms with Gasteiger partial charge in [-0.2, -0.15) is 5.26 Å². The Morgan fingerprint density at radius 1 is 1.15 bits per heavy atom. The van der Waals surface area contributed by atoms with Crippen LogP contribution in [-0.2, 0) is 9.53 Å². The van der Waals surface area contributed by atoms with E-state index in [0.29, 0.717) is 5.56 Å². The molecule has 2 aromatic rings. The van der Waals surface area contributed by atoms with Gasteiger partial charge in [-0.15, -0.1) is 0 Å². The lowest BCUT2D eigenvalue weighted by atomic mass is 10.1. The van der Waals surface area contributed by atoms with E-state index >= 15 is 0 Å². The van der Waals surface area contributed by atoms with Crippen LogP contribution in [0.1, 0.15) is 15.9 Å². The number of halogens is 1. The molecule has 0 aliphatic heterocycles. The molecule has 0 aliphatic rings. The molecule has 2 rings (SSSR count). The molecule has 0 unspecified atom stereocenters. The lowest BCUT2D eigenvalue weighted by molar-refractivity contribution is -0.137. The fraction of sp³-hybridized carbons (Fsp3) is 0.150. The first-order valence-electron chi connectivity index (χ1n) is 7.76. The van der Waals surface area contributed by atoms with Gasteiger partial charge in [0, 0.05) is 25.3 Å². The molecule has 0 fully saturated rings. The predicted molar refractivity (Wildman–Crippen MR) is 101 cm³/mol. The smallest absolute Gasteiger partial charge is 0.349 e. The summed E-state index contributed by atoms with van der Waals surface area (Å²) in [7, 11) is 3.83. The number of hydrogen-bond donors (Lipinski definition) is 0. The molecule has 0 heterocycles. The van der Waals surface area contributed by atoms with Gasteiger partial charge in [-0.05, 0) is 35.9 Å². The maximum absolute atomic E-state index is 12.1. The number of hydrogen-bond acceptors (Lipinski definition) is 5. The van der Waals surface area contributed by atoms with E-state index in [0.717, 1.165) is 5.69 Å². The van der Waals surface area contributed by atoms with Gasteiger partial charge >= 0.3 is 5.97 Å². The van der Waals surface area contributed by atoms with Crippen LogP contribution in [0, 0.1) is 11.3 Å². The van der Waals surface area contributed by atoms with Crippen LogP contribution < -0.4 is 4.90 Å². The van der Waals surface area contributed by atoms with E-state index in [1.54, 1.807) is 42.5 Å². The number of esters is 1. The molecular weight excluding hydrogens is 352 g/mol. The first-order valence-corrected chi connectivity index (χ1v) is 8.14. The van der Waals surface area contributed by atoms with E-state index in [1.807, 2.05) is 31.1 Å². The minimum Gasteiger partial charge on any atom is -0.453 e. The minimum atomic E-state index is -0.857. The monoisotopic (exact) mass is 368 g/mol. The molecule has 5 nitrogen and oxygen atoms in total. The molecule has 26 heavy (non-hydrogen) atoms. The Labute approximate surface area is 157 Å². The Balaban J connectivity index is 2.05. The van der Waals surface area contributed by atoms with Gasteiger partial charge in [-0.3, -0.25) is 4.79 Å². The summed E-state index contributed by atoms with van der Waals surface area (Å²) in [5.74, 6) is -1.29. The third-order valence-electron chi connectivity index (χ3n) is 3.57. The van der Waals surface area contributed by atoms with Crippen molar-refractivity contribution in [3.05, 3.63) is 70.3 Å². The van der Waals surface area contributed by atoms with Crippen molar-refractivity contribution in [1.82, 2.24) is 0 Å². The van der Waals surface area contributed by atoms with Crippen molar-refractivity contribution in [2.24, 2.45) is 0 Å². The summed E-state index contributed by atoms with van der Waals surface area (Å²) in [6, 6.07) is 15.6. The second-order valence-electron chi connectivity index (χ2n) is 5.63. The van der Waals surface area contributed by atoms with Crippen LogP contribution in [0.3, 0.4) is 0 Å².